The Balaban J connectivity index is 1.67. The van der Waals surface area contributed by atoms with Gasteiger partial charge in [0.15, 0.2) is 0 Å². The van der Waals surface area contributed by atoms with E-state index in [-0.39, 0.29) is 10.9 Å². The van der Waals surface area contributed by atoms with Gasteiger partial charge in [-0.3, -0.25) is 4.98 Å². The first kappa shape index (κ1) is 21.6. The second kappa shape index (κ2) is 8.84. The van der Waals surface area contributed by atoms with Crippen LogP contribution in [0.2, 0.25) is 0 Å². The first-order valence-electron chi connectivity index (χ1n) is 10.9. The Kier molecular flexibility index (Phi) is 6.15. The average Bonchev–Trinajstić information content (AvgIpc) is 3.13. The van der Waals surface area contributed by atoms with Gasteiger partial charge in [0.05, 0.1) is 10.9 Å². The molecular weight excluding hydrogens is 404 g/mol. The van der Waals surface area contributed by atoms with Gasteiger partial charge >= 0.3 is 0 Å². The minimum atomic E-state index is -0.220. The van der Waals surface area contributed by atoms with Crippen molar-refractivity contribution in [3.8, 4) is 11.1 Å². The quantitative estimate of drug-likeness (QED) is 0.397. The number of halogens is 1. The van der Waals surface area contributed by atoms with Gasteiger partial charge in [-0.25, -0.2) is 4.99 Å². The van der Waals surface area contributed by atoms with Crippen LogP contribution in [0, 0.1) is 6.92 Å². The molecule has 0 saturated carbocycles. The minimum absolute atomic E-state index is 0.185. The molecule has 31 heavy (non-hydrogen) atoms. The fourth-order valence-electron chi connectivity index (χ4n) is 4.05. The van der Waals surface area contributed by atoms with Crippen LogP contribution in [-0.2, 0) is 11.2 Å². The van der Waals surface area contributed by atoms with Crippen molar-refractivity contribution in [2.24, 2.45) is 4.99 Å². The molecular formula is C27H29ClN2O. The van der Waals surface area contributed by atoms with Crippen molar-refractivity contribution in [1.82, 2.24) is 4.98 Å². The summed E-state index contributed by atoms with van der Waals surface area (Å²) in [6.45, 7) is 9.06. The largest absolute Gasteiger partial charge is 0.475 e. The summed E-state index contributed by atoms with van der Waals surface area (Å²) in [5.74, 6) is 0.718. The maximum absolute atomic E-state index is 6.96. The van der Waals surface area contributed by atoms with Gasteiger partial charge < -0.3 is 4.74 Å². The zero-order chi connectivity index (χ0) is 22.0. The van der Waals surface area contributed by atoms with E-state index in [1.807, 2.05) is 24.4 Å². The lowest BCUT2D eigenvalue weighted by molar-refractivity contribution is 0.279. The highest BCUT2D eigenvalue weighted by atomic mass is 35.5. The van der Waals surface area contributed by atoms with Gasteiger partial charge in [-0.1, -0.05) is 55.8 Å². The summed E-state index contributed by atoms with van der Waals surface area (Å²) in [6, 6.07) is 18.8. The van der Waals surface area contributed by atoms with E-state index in [9.17, 15) is 0 Å². The van der Waals surface area contributed by atoms with Gasteiger partial charge in [0.1, 0.15) is 6.61 Å². The normalized spacial score (nSPS) is 16.0. The molecule has 4 heteroatoms. The number of hydrogen-bond acceptors (Lipinski definition) is 3. The summed E-state index contributed by atoms with van der Waals surface area (Å²) in [7, 11) is 0. The SMILES string of the molecule is CCCc1nccc(C)c1C(Cl)c1ccc(-c2ccccc2C2=NC(C)(C)CO2)cc1. The fourth-order valence-corrected chi connectivity index (χ4v) is 4.49. The van der Waals surface area contributed by atoms with E-state index in [0.29, 0.717) is 6.61 Å². The Labute approximate surface area is 190 Å². The van der Waals surface area contributed by atoms with Crippen LogP contribution in [0.4, 0.5) is 0 Å². The van der Waals surface area contributed by atoms with E-state index in [1.165, 1.54) is 5.56 Å². The summed E-state index contributed by atoms with van der Waals surface area (Å²) in [6.07, 6.45) is 3.86. The van der Waals surface area contributed by atoms with E-state index in [2.05, 4.69) is 69.1 Å². The first-order valence-corrected chi connectivity index (χ1v) is 11.3. The third-order valence-corrected chi connectivity index (χ3v) is 6.14. The molecule has 1 unspecified atom stereocenters. The van der Waals surface area contributed by atoms with Gasteiger partial charge in [-0.15, -0.1) is 11.6 Å². The van der Waals surface area contributed by atoms with Crippen LogP contribution in [0.15, 0.2) is 65.8 Å². The van der Waals surface area contributed by atoms with Crippen molar-refractivity contribution >= 4 is 17.5 Å². The number of rotatable bonds is 6. The molecule has 2 heterocycles. The van der Waals surface area contributed by atoms with Crippen LogP contribution in [0.25, 0.3) is 11.1 Å². The number of hydrogen-bond donors (Lipinski definition) is 0. The number of pyridine rings is 1. The fraction of sp³-hybridized carbons (Fsp3) is 0.333. The molecule has 2 aromatic carbocycles. The zero-order valence-corrected chi connectivity index (χ0v) is 19.4. The zero-order valence-electron chi connectivity index (χ0n) is 18.7. The van der Waals surface area contributed by atoms with E-state index in [1.54, 1.807) is 0 Å². The van der Waals surface area contributed by atoms with Crippen LogP contribution in [-0.4, -0.2) is 23.0 Å². The van der Waals surface area contributed by atoms with E-state index in [4.69, 9.17) is 21.3 Å². The molecule has 0 bridgehead atoms. The number of benzene rings is 2. The van der Waals surface area contributed by atoms with E-state index >= 15 is 0 Å². The Morgan fingerprint density at radius 3 is 2.39 bits per heavy atom. The number of alkyl halides is 1. The molecule has 0 saturated heterocycles. The summed E-state index contributed by atoms with van der Waals surface area (Å²) in [4.78, 5) is 9.36. The average molecular weight is 433 g/mol. The molecule has 0 spiro atoms. The lowest BCUT2D eigenvalue weighted by atomic mass is 9.94. The number of aryl methyl sites for hydroxylation is 2. The van der Waals surface area contributed by atoms with Gasteiger partial charge in [0.2, 0.25) is 5.90 Å². The van der Waals surface area contributed by atoms with Gasteiger partial charge in [-0.2, -0.15) is 0 Å². The molecule has 0 radical (unpaired) electrons. The predicted molar refractivity (Wildman–Crippen MR) is 129 cm³/mol. The molecule has 1 aliphatic heterocycles. The van der Waals surface area contributed by atoms with Crippen molar-refractivity contribution in [2.45, 2.75) is 51.5 Å². The maximum Gasteiger partial charge on any atom is 0.217 e. The van der Waals surface area contributed by atoms with Crippen molar-refractivity contribution in [2.75, 3.05) is 6.61 Å². The molecule has 0 N–H and O–H groups in total. The van der Waals surface area contributed by atoms with Crippen LogP contribution in [0.1, 0.15) is 60.5 Å². The predicted octanol–water partition coefficient (Wildman–Crippen LogP) is 6.89. The molecule has 0 aliphatic carbocycles. The van der Waals surface area contributed by atoms with E-state index < -0.39 is 0 Å². The van der Waals surface area contributed by atoms with Gasteiger partial charge in [-0.05, 0) is 67.1 Å². The lowest BCUT2D eigenvalue weighted by Gasteiger charge is -2.18. The standard InChI is InChI=1S/C27H29ClN2O/c1-5-8-23-24(18(2)15-16-29-23)25(28)20-13-11-19(12-14-20)21-9-6-7-10-22(21)26-30-27(3,4)17-31-26/h6-7,9-16,25H,5,8,17H2,1-4H3. The number of nitrogens with zero attached hydrogens (tertiary/aromatic N) is 2. The smallest absolute Gasteiger partial charge is 0.217 e. The third-order valence-electron chi connectivity index (χ3n) is 5.67. The maximum atomic E-state index is 6.96. The third kappa shape index (κ3) is 4.52. The van der Waals surface area contributed by atoms with Crippen molar-refractivity contribution in [1.29, 1.82) is 0 Å². The Morgan fingerprint density at radius 2 is 1.74 bits per heavy atom. The van der Waals surface area contributed by atoms with Crippen LogP contribution in [0.3, 0.4) is 0 Å². The number of ether oxygens (including phenoxy) is 1. The first-order chi connectivity index (χ1) is 14.9. The molecule has 3 aromatic rings. The highest BCUT2D eigenvalue weighted by Crippen LogP contribution is 2.35. The van der Waals surface area contributed by atoms with Crippen molar-refractivity contribution in [3.05, 3.63) is 88.7 Å². The Hall–Kier alpha value is -2.65. The van der Waals surface area contributed by atoms with Gasteiger partial charge in [0, 0.05) is 17.5 Å². The second-order valence-corrected chi connectivity index (χ2v) is 9.22. The Bertz CT molecular complexity index is 1100. The van der Waals surface area contributed by atoms with Gasteiger partial charge in [0.25, 0.3) is 0 Å². The molecule has 1 aromatic heterocycles. The highest BCUT2D eigenvalue weighted by molar-refractivity contribution is 6.22. The monoisotopic (exact) mass is 432 g/mol. The molecule has 4 rings (SSSR count). The summed E-state index contributed by atoms with van der Waals surface area (Å²) in [5.41, 5.74) is 7.56. The minimum Gasteiger partial charge on any atom is -0.475 e. The highest BCUT2D eigenvalue weighted by Gasteiger charge is 2.28. The second-order valence-electron chi connectivity index (χ2n) is 8.79. The van der Waals surface area contributed by atoms with E-state index in [0.717, 1.165) is 52.3 Å². The topological polar surface area (TPSA) is 34.5 Å². The molecule has 0 amide bonds. The lowest BCUT2D eigenvalue weighted by Crippen LogP contribution is -2.17. The summed E-state index contributed by atoms with van der Waals surface area (Å²) < 4.78 is 5.91. The molecule has 1 aliphatic rings. The summed E-state index contributed by atoms with van der Waals surface area (Å²) in [5, 5.41) is -0.220. The Morgan fingerprint density at radius 1 is 1.03 bits per heavy atom. The number of aliphatic imine (C=N–C) groups is 1. The van der Waals surface area contributed by atoms with Crippen LogP contribution < -0.4 is 0 Å². The molecule has 1 atom stereocenters. The number of aromatic nitrogens is 1. The van der Waals surface area contributed by atoms with Crippen molar-refractivity contribution in [3.63, 3.8) is 0 Å². The van der Waals surface area contributed by atoms with Crippen molar-refractivity contribution < 1.29 is 4.74 Å². The van der Waals surface area contributed by atoms with Crippen LogP contribution in [0.5, 0.6) is 0 Å². The summed E-state index contributed by atoms with van der Waals surface area (Å²) >= 11 is 6.96. The van der Waals surface area contributed by atoms with Crippen LogP contribution >= 0.6 is 11.6 Å². The molecule has 3 nitrogen and oxygen atoms in total. The molecule has 160 valence electrons. The molecule has 0 fully saturated rings.